The molecule has 4 heteroatoms. The molecule has 0 aliphatic heterocycles. The van der Waals surface area contributed by atoms with Crippen LogP contribution in [0.2, 0.25) is 0 Å². The number of anilines is 1. The highest BCUT2D eigenvalue weighted by Crippen LogP contribution is 2.27. The Morgan fingerprint density at radius 1 is 1.35 bits per heavy atom. The average Bonchev–Trinajstić information content (AvgIpc) is 2.42. The Morgan fingerprint density at radius 3 is 2.70 bits per heavy atom. The van der Waals surface area contributed by atoms with E-state index in [9.17, 15) is 4.79 Å². The molecular weight excluding hydrogens is 252 g/mol. The average molecular weight is 278 g/mol. The summed E-state index contributed by atoms with van der Waals surface area (Å²) in [5, 5.41) is 2.86. The number of amides is 1. The van der Waals surface area contributed by atoms with Crippen LogP contribution in [-0.4, -0.2) is 18.6 Å². The second-order valence-electron chi connectivity index (χ2n) is 4.92. The summed E-state index contributed by atoms with van der Waals surface area (Å²) < 4.78 is 5.61. The van der Waals surface area contributed by atoms with E-state index in [1.165, 1.54) is 0 Å². The van der Waals surface area contributed by atoms with Gasteiger partial charge in [-0.15, -0.1) is 0 Å². The fourth-order valence-corrected chi connectivity index (χ4v) is 2.09. The number of nitrogens with two attached hydrogens (primary N) is 1. The lowest BCUT2D eigenvalue weighted by molar-refractivity contribution is -0.115. The van der Waals surface area contributed by atoms with Crippen LogP contribution in [-0.2, 0) is 11.2 Å². The van der Waals surface area contributed by atoms with Crippen molar-refractivity contribution in [1.29, 1.82) is 0 Å². The van der Waals surface area contributed by atoms with Crippen LogP contribution >= 0.6 is 0 Å². The lowest BCUT2D eigenvalue weighted by atomic mass is 10.0. The fourth-order valence-electron chi connectivity index (χ4n) is 2.09. The van der Waals surface area contributed by atoms with Crippen LogP contribution in [0.4, 0.5) is 5.69 Å². The van der Waals surface area contributed by atoms with E-state index in [-0.39, 0.29) is 11.9 Å². The Morgan fingerprint density at radius 2 is 2.10 bits per heavy atom. The number of carbonyl (C=O) groups excluding carboxylic acids is 1. The lowest BCUT2D eigenvalue weighted by Gasteiger charge is -2.15. The second-order valence-corrected chi connectivity index (χ2v) is 4.92. The van der Waals surface area contributed by atoms with E-state index >= 15 is 0 Å². The number of ether oxygens (including phenoxy) is 1. The first-order valence-electron chi connectivity index (χ1n) is 7.41. The number of hydrogen-bond acceptors (Lipinski definition) is 3. The first kappa shape index (κ1) is 16.5. The maximum atomic E-state index is 11.5. The summed E-state index contributed by atoms with van der Waals surface area (Å²) in [4.78, 5) is 11.5. The number of hydrogen-bond donors (Lipinski definition) is 2. The van der Waals surface area contributed by atoms with Crippen molar-refractivity contribution < 1.29 is 9.53 Å². The minimum atomic E-state index is -0.0126. The highest BCUT2D eigenvalue weighted by atomic mass is 16.5. The van der Waals surface area contributed by atoms with Crippen LogP contribution in [0.1, 0.15) is 45.6 Å². The number of rotatable bonds is 8. The van der Waals surface area contributed by atoms with Crippen molar-refractivity contribution >= 4 is 11.6 Å². The van der Waals surface area contributed by atoms with Gasteiger partial charge in [0, 0.05) is 12.5 Å². The van der Waals surface area contributed by atoms with Gasteiger partial charge >= 0.3 is 0 Å². The van der Waals surface area contributed by atoms with Gasteiger partial charge in [0.1, 0.15) is 5.75 Å². The van der Waals surface area contributed by atoms with E-state index in [2.05, 4.69) is 12.2 Å². The largest absolute Gasteiger partial charge is 0.492 e. The third kappa shape index (κ3) is 5.21. The molecule has 0 aliphatic rings. The van der Waals surface area contributed by atoms with E-state index in [1.54, 1.807) is 0 Å². The number of benzene rings is 1. The van der Waals surface area contributed by atoms with Crippen molar-refractivity contribution in [2.45, 2.75) is 52.5 Å². The van der Waals surface area contributed by atoms with E-state index in [0.717, 1.165) is 36.3 Å². The van der Waals surface area contributed by atoms with Gasteiger partial charge in [0.05, 0.1) is 12.3 Å². The third-order valence-corrected chi connectivity index (χ3v) is 3.10. The minimum Gasteiger partial charge on any atom is -0.492 e. The minimum absolute atomic E-state index is 0.0126. The molecule has 0 aromatic heterocycles. The van der Waals surface area contributed by atoms with Crippen LogP contribution in [0.15, 0.2) is 18.2 Å². The summed E-state index contributed by atoms with van der Waals surface area (Å²) in [6.07, 6.45) is 3.38. The zero-order valence-electron chi connectivity index (χ0n) is 12.7. The molecule has 0 spiro atoms. The molecule has 1 aromatic carbocycles. The van der Waals surface area contributed by atoms with Gasteiger partial charge in [-0.3, -0.25) is 4.79 Å². The van der Waals surface area contributed by atoms with Gasteiger partial charge < -0.3 is 15.8 Å². The maximum absolute atomic E-state index is 11.5. The fraction of sp³-hybridized carbons (Fsp3) is 0.562. The quantitative estimate of drug-likeness (QED) is 0.768. The first-order valence-corrected chi connectivity index (χ1v) is 7.41. The molecule has 4 nitrogen and oxygen atoms in total. The summed E-state index contributed by atoms with van der Waals surface area (Å²) in [5.41, 5.74) is 7.94. The number of nitrogens with one attached hydrogen (secondary N) is 1. The predicted octanol–water partition coefficient (Wildman–Crippen LogP) is 3.10. The zero-order valence-corrected chi connectivity index (χ0v) is 12.7. The number of carbonyl (C=O) groups is 1. The Bertz CT molecular complexity index is 432. The van der Waals surface area contributed by atoms with Crippen LogP contribution in [0.3, 0.4) is 0 Å². The normalized spacial score (nSPS) is 12.0. The molecule has 0 saturated carbocycles. The van der Waals surface area contributed by atoms with Crippen molar-refractivity contribution in [2.24, 2.45) is 5.73 Å². The second kappa shape index (κ2) is 8.59. The summed E-state index contributed by atoms with van der Waals surface area (Å²) in [6.45, 7) is 6.46. The molecule has 0 radical (unpaired) electrons. The highest BCUT2D eigenvalue weighted by molar-refractivity contribution is 5.92. The van der Waals surface area contributed by atoms with Gasteiger partial charge in [0.25, 0.3) is 0 Å². The van der Waals surface area contributed by atoms with Gasteiger partial charge in [-0.1, -0.05) is 26.3 Å². The van der Waals surface area contributed by atoms with Gasteiger partial charge in [-0.25, -0.2) is 0 Å². The van der Waals surface area contributed by atoms with Crippen LogP contribution in [0, 0.1) is 0 Å². The Balaban J connectivity index is 2.85. The van der Waals surface area contributed by atoms with Crippen LogP contribution < -0.4 is 15.8 Å². The van der Waals surface area contributed by atoms with E-state index in [0.29, 0.717) is 13.0 Å². The molecular formula is C16H26N2O2. The van der Waals surface area contributed by atoms with Crippen molar-refractivity contribution in [2.75, 3.05) is 11.9 Å². The van der Waals surface area contributed by atoms with Crippen molar-refractivity contribution in [1.82, 2.24) is 0 Å². The molecule has 112 valence electrons. The summed E-state index contributed by atoms with van der Waals surface area (Å²) in [7, 11) is 0. The molecule has 20 heavy (non-hydrogen) atoms. The highest BCUT2D eigenvalue weighted by Gasteiger charge is 2.10. The molecule has 1 aromatic rings. The van der Waals surface area contributed by atoms with Crippen molar-refractivity contribution in [3.8, 4) is 5.75 Å². The topological polar surface area (TPSA) is 64.3 Å². The Hall–Kier alpha value is -1.55. The monoisotopic (exact) mass is 278 g/mol. The molecule has 0 aliphatic carbocycles. The molecule has 0 saturated heterocycles. The molecule has 0 heterocycles. The predicted molar refractivity (Wildman–Crippen MR) is 83.1 cm³/mol. The first-order chi connectivity index (χ1) is 9.60. The molecule has 0 fully saturated rings. The standard InChI is InChI=1S/C16H26N2O2/c1-4-7-13(17)10-12-8-9-14(18-16(19)5-2)15(11-12)20-6-3/h8-9,11,13H,4-7,10,17H2,1-3H3,(H,18,19). The molecule has 1 amide bonds. The zero-order chi connectivity index (χ0) is 15.0. The van der Waals surface area contributed by atoms with Crippen molar-refractivity contribution in [3.63, 3.8) is 0 Å². The summed E-state index contributed by atoms with van der Waals surface area (Å²) in [6, 6.07) is 6.05. The summed E-state index contributed by atoms with van der Waals surface area (Å²) in [5.74, 6) is 0.705. The maximum Gasteiger partial charge on any atom is 0.224 e. The Kier molecular flexibility index (Phi) is 7.09. The van der Waals surface area contributed by atoms with Gasteiger partial charge in [0.2, 0.25) is 5.91 Å². The van der Waals surface area contributed by atoms with Crippen molar-refractivity contribution in [3.05, 3.63) is 23.8 Å². The van der Waals surface area contributed by atoms with E-state index in [1.807, 2.05) is 32.0 Å². The molecule has 3 N–H and O–H groups in total. The lowest BCUT2D eigenvalue weighted by Crippen LogP contribution is -2.22. The van der Waals surface area contributed by atoms with Crippen LogP contribution in [0.25, 0.3) is 0 Å². The Labute approximate surface area is 121 Å². The van der Waals surface area contributed by atoms with Gasteiger partial charge in [-0.05, 0) is 37.5 Å². The van der Waals surface area contributed by atoms with Crippen LogP contribution in [0.5, 0.6) is 5.75 Å². The molecule has 0 bridgehead atoms. The summed E-state index contributed by atoms with van der Waals surface area (Å²) >= 11 is 0. The molecule has 1 unspecified atom stereocenters. The van der Waals surface area contributed by atoms with E-state index < -0.39 is 0 Å². The smallest absolute Gasteiger partial charge is 0.224 e. The SMILES string of the molecule is CCCC(N)Cc1ccc(NC(=O)CC)c(OCC)c1. The van der Waals surface area contributed by atoms with Gasteiger partial charge in [0.15, 0.2) is 0 Å². The van der Waals surface area contributed by atoms with E-state index in [4.69, 9.17) is 10.5 Å². The van der Waals surface area contributed by atoms with Gasteiger partial charge in [-0.2, -0.15) is 0 Å². The third-order valence-electron chi connectivity index (χ3n) is 3.10. The molecule has 1 rings (SSSR count). The molecule has 1 atom stereocenters.